The number of hydrogen-bond acceptors (Lipinski definition) is 7. The number of sulfonamides is 1. The molecule has 2 aromatic heterocycles. The number of hydrogen-bond donors (Lipinski definition) is 1. The van der Waals surface area contributed by atoms with E-state index in [9.17, 15) is 8.42 Å². The number of morpholine rings is 1. The Bertz CT molecular complexity index is 830. The first kappa shape index (κ1) is 17.8. The summed E-state index contributed by atoms with van der Waals surface area (Å²) >= 11 is 0. The second-order valence-electron chi connectivity index (χ2n) is 5.68. The number of anilines is 1. The van der Waals surface area contributed by atoms with Gasteiger partial charge in [0.25, 0.3) is 10.0 Å². The van der Waals surface area contributed by atoms with Crippen LogP contribution in [0.3, 0.4) is 0 Å². The Hall–Kier alpha value is -2.04. The van der Waals surface area contributed by atoms with Crippen molar-refractivity contribution in [3.05, 3.63) is 30.0 Å². The minimum absolute atomic E-state index is 0.0225. The third kappa shape index (κ3) is 4.14. The molecular weight excluding hydrogens is 344 g/mol. The lowest BCUT2D eigenvalue weighted by Gasteiger charge is -2.26. The average molecular weight is 366 g/mol. The highest BCUT2D eigenvalue weighted by atomic mass is 32.2. The van der Waals surface area contributed by atoms with Crippen LogP contribution in [0.2, 0.25) is 0 Å². The number of nitrogens with zero attached hydrogens (tertiary/aromatic N) is 5. The zero-order chi connectivity index (χ0) is 17.9. The van der Waals surface area contributed by atoms with Gasteiger partial charge < -0.3 is 14.2 Å². The van der Waals surface area contributed by atoms with Crippen LogP contribution in [0.25, 0.3) is 0 Å². The minimum atomic E-state index is -3.68. The number of aryl methyl sites for hydroxylation is 2. The molecule has 3 heterocycles. The van der Waals surface area contributed by atoms with E-state index in [0.717, 1.165) is 13.1 Å². The van der Waals surface area contributed by atoms with Gasteiger partial charge >= 0.3 is 0 Å². The highest BCUT2D eigenvalue weighted by Crippen LogP contribution is 2.12. The zero-order valence-electron chi connectivity index (χ0n) is 14.3. The van der Waals surface area contributed by atoms with Crippen molar-refractivity contribution in [3.8, 4) is 0 Å². The number of aromatic nitrogens is 4. The first-order valence-corrected chi connectivity index (χ1v) is 9.66. The van der Waals surface area contributed by atoms with Crippen molar-refractivity contribution >= 4 is 16.0 Å². The minimum Gasteiger partial charge on any atom is -0.378 e. The van der Waals surface area contributed by atoms with Crippen molar-refractivity contribution in [2.75, 3.05) is 31.2 Å². The molecule has 0 amide bonds. The van der Waals surface area contributed by atoms with Crippen molar-refractivity contribution < 1.29 is 13.2 Å². The molecular formula is C15H22N6O3S. The molecule has 0 radical (unpaired) electrons. The van der Waals surface area contributed by atoms with Gasteiger partial charge in [-0.3, -0.25) is 0 Å². The molecule has 1 N–H and O–H groups in total. The summed E-state index contributed by atoms with van der Waals surface area (Å²) in [4.78, 5) is 14.8. The first-order valence-electron chi connectivity index (χ1n) is 8.17. The molecule has 0 aromatic carbocycles. The summed E-state index contributed by atoms with van der Waals surface area (Å²) in [6.07, 6.45) is 3.17. The van der Waals surface area contributed by atoms with E-state index >= 15 is 0 Å². The molecule has 1 fully saturated rings. The number of rotatable bonds is 6. The fraction of sp³-hybridized carbons (Fsp3) is 0.533. The van der Waals surface area contributed by atoms with Crippen molar-refractivity contribution in [1.82, 2.24) is 24.2 Å². The van der Waals surface area contributed by atoms with Crippen LogP contribution in [0.5, 0.6) is 0 Å². The van der Waals surface area contributed by atoms with Gasteiger partial charge in [-0.15, -0.1) is 0 Å². The second kappa shape index (κ2) is 7.46. The number of nitrogens with one attached hydrogen (secondary N) is 1. The van der Waals surface area contributed by atoms with Gasteiger partial charge in [0.05, 0.1) is 25.5 Å². The highest BCUT2D eigenvalue weighted by molar-refractivity contribution is 7.89. The van der Waals surface area contributed by atoms with E-state index in [1.807, 2.05) is 11.8 Å². The molecule has 25 heavy (non-hydrogen) atoms. The van der Waals surface area contributed by atoms with E-state index in [2.05, 4.69) is 19.7 Å². The molecule has 0 unspecified atom stereocenters. The maximum Gasteiger partial charge on any atom is 0.259 e. The monoisotopic (exact) mass is 366 g/mol. The Labute approximate surface area is 147 Å². The predicted octanol–water partition coefficient (Wildman–Crippen LogP) is 0.317. The Balaban J connectivity index is 1.70. The molecule has 0 saturated carbocycles. The largest absolute Gasteiger partial charge is 0.378 e. The van der Waals surface area contributed by atoms with Crippen LogP contribution in [0, 0.1) is 6.92 Å². The van der Waals surface area contributed by atoms with Crippen molar-refractivity contribution in [3.63, 3.8) is 0 Å². The Morgan fingerprint density at radius 1 is 1.28 bits per heavy atom. The fourth-order valence-corrected chi connectivity index (χ4v) is 3.57. The number of ether oxygens (including phenoxy) is 1. The molecule has 136 valence electrons. The summed E-state index contributed by atoms with van der Waals surface area (Å²) in [6, 6.07) is 1.70. The highest BCUT2D eigenvalue weighted by Gasteiger charge is 2.19. The Kier molecular flexibility index (Phi) is 5.30. The molecule has 1 saturated heterocycles. The molecule has 1 aliphatic rings. The van der Waals surface area contributed by atoms with Gasteiger partial charge in [0.1, 0.15) is 5.82 Å². The molecule has 0 bridgehead atoms. The molecule has 1 aliphatic heterocycles. The fourth-order valence-electron chi connectivity index (χ4n) is 2.57. The third-order valence-electron chi connectivity index (χ3n) is 4.01. The molecule has 2 aromatic rings. The SMILES string of the molecule is CCn1cc(S(=O)(=O)NCc2ccnc(N3CCOCC3)n2)nc1C. The summed E-state index contributed by atoms with van der Waals surface area (Å²) < 4.78 is 34.5. The van der Waals surface area contributed by atoms with Crippen LogP contribution in [-0.2, 0) is 27.8 Å². The van der Waals surface area contributed by atoms with Gasteiger partial charge in [-0.05, 0) is 19.9 Å². The Morgan fingerprint density at radius 3 is 2.72 bits per heavy atom. The third-order valence-corrected chi connectivity index (χ3v) is 5.28. The lowest BCUT2D eigenvalue weighted by atomic mass is 10.4. The van der Waals surface area contributed by atoms with Crippen LogP contribution in [0.4, 0.5) is 5.95 Å². The number of imidazole rings is 1. The quantitative estimate of drug-likeness (QED) is 0.785. The average Bonchev–Trinajstić information content (AvgIpc) is 3.03. The summed E-state index contributed by atoms with van der Waals surface area (Å²) in [7, 11) is -3.68. The maximum atomic E-state index is 12.4. The summed E-state index contributed by atoms with van der Waals surface area (Å²) in [5, 5.41) is 0.0225. The van der Waals surface area contributed by atoms with Gasteiger partial charge in [0, 0.05) is 32.0 Å². The topological polar surface area (TPSA) is 102 Å². The van der Waals surface area contributed by atoms with Gasteiger partial charge in [-0.25, -0.2) is 28.1 Å². The standard InChI is InChI=1S/C15H22N6O3S/c1-3-20-11-14(18-12(20)2)25(22,23)17-10-13-4-5-16-15(19-13)21-6-8-24-9-7-21/h4-5,11,17H,3,6-10H2,1-2H3. The van der Waals surface area contributed by atoms with Gasteiger partial charge in [0.2, 0.25) is 5.95 Å². The Morgan fingerprint density at radius 2 is 2.04 bits per heavy atom. The van der Waals surface area contributed by atoms with Crippen molar-refractivity contribution in [1.29, 1.82) is 0 Å². The molecule has 3 rings (SSSR count). The van der Waals surface area contributed by atoms with E-state index in [0.29, 0.717) is 37.2 Å². The predicted molar refractivity (Wildman–Crippen MR) is 91.7 cm³/mol. The van der Waals surface area contributed by atoms with Gasteiger partial charge in [-0.2, -0.15) is 0 Å². The first-order chi connectivity index (χ1) is 12.0. The van der Waals surface area contributed by atoms with Crippen molar-refractivity contribution in [2.45, 2.75) is 32.0 Å². The van der Waals surface area contributed by atoms with Gasteiger partial charge in [0.15, 0.2) is 5.03 Å². The summed E-state index contributed by atoms with van der Waals surface area (Å²) in [5.74, 6) is 1.26. The molecule has 0 atom stereocenters. The molecule has 0 aliphatic carbocycles. The van der Waals surface area contributed by atoms with Crippen LogP contribution in [-0.4, -0.2) is 54.2 Å². The van der Waals surface area contributed by atoms with Crippen LogP contribution in [0.1, 0.15) is 18.4 Å². The lowest BCUT2D eigenvalue weighted by molar-refractivity contribution is 0.122. The van der Waals surface area contributed by atoms with Crippen LogP contribution < -0.4 is 9.62 Å². The lowest BCUT2D eigenvalue weighted by Crippen LogP contribution is -2.37. The van der Waals surface area contributed by atoms with E-state index in [1.54, 1.807) is 23.8 Å². The molecule has 0 spiro atoms. The van der Waals surface area contributed by atoms with E-state index in [4.69, 9.17) is 4.74 Å². The second-order valence-corrected chi connectivity index (χ2v) is 7.40. The van der Waals surface area contributed by atoms with Crippen molar-refractivity contribution in [2.24, 2.45) is 0 Å². The van der Waals surface area contributed by atoms with Crippen LogP contribution >= 0.6 is 0 Å². The maximum absolute atomic E-state index is 12.4. The summed E-state index contributed by atoms with van der Waals surface area (Å²) in [6.45, 7) is 7.20. The molecule has 10 heteroatoms. The zero-order valence-corrected chi connectivity index (χ0v) is 15.2. The normalized spacial score (nSPS) is 15.5. The smallest absolute Gasteiger partial charge is 0.259 e. The van der Waals surface area contributed by atoms with E-state index < -0.39 is 10.0 Å². The molecule has 9 nitrogen and oxygen atoms in total. The van der Waals surface area contributed by atoms with Crippen LogP contribution in [0.15, 0.2) is 23.5 Å². The van der Waals surface area contributed by atoms with E-state index in [-0.39, 0.29) is 11.6 Å². The van der Waals surface area contributed by atoms with Gasteiger partial charge in [-0.1, -0.05) is 0 Å². The summed E-state index contributed by atoms with van der Waals surface area (Å²) in [5.41, 5.74) is 0.603. The van der Waals surface area contributed by atoms with E-state index in [1.165, 1.54) is 6.20 Å².